The van der Waals surface area contributed by atoms with E-state index in [4.69, 9.17) is 10.7 Å². The van der Waals surface area contributed by atoms with Crippen LogP contribution in [0.3, 0.4) is 0 Å². The van der Waals surface area contributed by atoms with Crippen LogP contribution in [0, 0.1) is 0 Å². The zero-order chi connectivity index (χ0) is 26.4. The van der Waals surface area contributed by atoms with Crippen molar-refractivity contribution in [2.75, 3.05) is 32.5 Å². The Labute approximate surface area is 216 Å². The molecule has 0 atom stereocenters. The molecular weight excluding hydrogens is 468 g/mol. The Hall–Kier alpha value is -3.69. The van der Waals surface area contributed by atoms with Crippen molar-refractivity contribution in [1.82, 2.24) is 23.6 Å². The Morgan fingerprint density at radius 1 is 0.919 bits per heavy atom. The Bertz CT molecular complexity index is 1450. The zero-order valence-electron chi connectivity index (χ0n) is 21.6. The number of nitrogens with zero attached hydrogens (tertiary/aromatic N) is 5. The van der Waals surface area contributed by atoms with E-state index in [-0.39, 0.29) is 17.9 Å². The Morgan fingerprint density at radius 3 is 2.38 bits per heavy atom. The lowest BCUT2D eigenvalue weighted by Crippen LogP contribution is -2.41. The maximum Gasteiger partial charge on any atom is 0.332 e. The number of likely N-dealkylation sites (N-methyl/N-ethyl adjacent to an activating group) is 1. The van der Waals surface area contributed by atoms with Crippen molar-refractivity contribution in [2.45, 2.75) is 45.8 Å². The quantitative estimate of drug-likeness (QED) is 0.286. The van der Waals surface area contributed by atoms with Crippen molar-refractivity contribution >= 4 is 16.9 Å². The Balaban J connectivity index is 1.86. The number of aryl methyl sites for hydroxylation is 2. The summed E-state index contributed by atoms with van der Waals surface area (Å²) >= 11 is 0. The van der Waals surface area contributed by atoms with Crippen LogP contribution in [0.4, 0.5) is 5.69 Å². The highest BCUT2D eigenvalue weighted by molar-refractivity contribution is 5.71. The zero-order valence-corrected chi connectivity index (χ0v) is 21.6. The highest BCUT2D eigenvalue weighted by Gasteiger charge is 2.22. The van der Waals surface area contributed by atoms with E-state index in [0.29, 0.717) is 68.8 Å². The van der Waals surface area contributed by atoms with Gasteiger partial charge in [0.25, 0.3) is 5.56 Å². The number of benzene rings is 2. The van der Waals surface area contributed by atoms with Crippen molar-refractivity contribution in [3.8, 4) is 0 Å². The summed E-state index contributed by atoms with van der Waals surface area (Å²) in [6.45, 7) is 4.42. The van der Waals surface area contributed by atoms with Gasteiger partial charge in [0, 0.05) is 44.8 Å². The predicted octanol–water partition coefficient (Wildman–Crippen LogP) is 2.11. The topological polar surface area (TPSA) is 111 Å². The summed E-state index contributed by atoms with van der Waals surface area (Å²) in [6, 6.07) is 17.6. The SMILES string of the molecule is CCCn1c(=O)c2c(nc(Cc3ccccc3)n2CCN(C)CCO)n(CCc2cccc(N)c2)c1=O. The largest absolute Gasteiger partial charge is 0.399 e. The van der Waals surface area contributed by atoms with E-state index in [1.807, 2.05) is 78.0 Å². The highest BCUT2D eigenvalue weighted by Crippen LogP contribution is 2.17. The van der Waals surface area contributed by atoms with Crippen LogP contribution in [0.1, 0.15) is 30.3 Å². The number of imidazole rings is 1. The molecule has 0 bridgehead atoms. The molecule has 0 aliphatic rings. The predicted molar refractivity (Wildman–Crippen MR) is 147 cm³/mol. The van der Waals surface area contributed by atoms with Crippen LogP contribution < -0.4 is 17.0 Å². The summed E-state index contributed by atoms with van der Waals surface area (Å²) in [5.41, 5.74) is 8.95. The number of aromatic nitrogens is 4. The Morgan fingerprint density at radius 2 is 1.68 bits per heavy atom. The van der Waals surface area contributed by atoms with Crippen LogP contribution in [-0.2, 0) is 32.5 Å². The van der Waals surface area contributed by atoms with E-state index in [1.54, 1.807) is 4.57 Å². The number of anilines is 1. The summed E-state index contributed by atoms with van der Waals surface area (Å²) in [6.07, 6.45) is 1.79. The van der Waals surface area contributed by atoms with Crippen LogP contribution in [0.25, 0.3) is 11.2 Å². The van der Waals surface area contributed by atoms with Gasteiger partial charge in [-0.15, -0.1) is 0 Å². The van der Waals surface area contributed by atoms with Gasteiger partial charge >= 0.3 is 5.69 Å². The average Bonchev–Trinajstić information content (AvgIpc) is 3.24. The van der Waals surface area contributed by atoms with E-state index in [9.17, 15) is 14.7 Å². The first-order valence-corrected chi connectivity index (χ1v) is 12.8. The molecule has 2 aromatic carbocycles. The van der Waals surface area contributed by atoms with Gasteiger partial charge in [-0.2, -0.15) is 0 Å². The summed E-state index contributed by atoms with van der Waals surface area (Å²) < 4.78 is 4.93. The first kappa shape index (κ1) is 26.4. The molecule has 0 aliphatic heterocycles. The molecule has 2 aromatic heterocycles. The summed E-state index contributed by atoms with van der Waals surface area (Å²) in [7, 11) is 1.93. The lowest BCUT2D eigenvalue weighted by molar-refractivity contribution is 0.217. The van der Waals surface area contributed by atoms with E-state index in [1.165, 1.54) is 4.57 Å². The fraction of sp³-hybridized carbons (Fsp3) is 0.393. The minimum absolute atomic E-state index is 0.0604. The molecule has 0 spiro atoms. The first-order valence-electron chi connectivity index (χ1n) is 12.8. The second-order valence-electron chi connectivity index (χ2n) is 9.43. The minimum Gasteiger partial charge on any atom is -0.399 e. The summed E-state index contributed by atoms with van der Waals surface area (Å²) in [4.78, 5) is 34.1. The molecule has 196 valence electrons. The van der Waals surface area contributed by atoms with Crippen molar-refractivity contribution in [1.29, 1.82) is 0 Å². The number of nitrogens with two attached hydrogens (primary N) is 1. The van der Waals surface area contributed by atoms with Crippen molar-refractivity contribution in [3.05, 3.63) is 92.4 Å². The number of aliphatic hydroxyl groups excluding tert-OH is 1. The molecule has 3 N–H and O–H groups in total. The van der Waals surface area contributed by atoms with Gasteiger partial charge in [-0.25, -0.2) is 9.78 Å². The normalized spacial score (nSPS) is 11.6. The number of hydrogen-bond acceptors (Lipinski definition) is 6. The third-order valence-corrected chi connectivity index (χ3v) is 6.61. The van der Waals surface area contributed by atoms with Crippen LogP contribution in [0.2, 0.25) is 0 Å². The second kappa shape index (κ2) is 12.0. The molecule has 0 radical (unpaired) electrons. The molecule has 2 heterocycles. The van der Waals surface area contributed by atoms with Gasteiger partial charge in [-0.1, -0.05) is 49.4 Å². The third-order valence-electron chi connectivity index (χ3n) is 6.61. The molecule has 9 nitrogen and oxygen atoms in total. The molecule has 0 saturated carbocycles. The third kappa shape index (κ3) is 6.00. The lowest BCUT2D eigenvalue weighted by atomic mass is 10.1. The summed E-state index contributed by atoms with van der Waals surface area (Å²) in [5.74, 6) is 0.738. The molecule has 4 rings (SSSR count). The average molecular weight is 505 g/mol. The van der Waals surface area contributed by atoms with Crippen molar-refractivity contribution in [3.63, 3.8) is 0 Å². The number of nitrogen functional groups attached to an aromatic ring is 1. The van der Waals surface area contributed by atoms with Gasteiger partial charge in [-0.3, -0.25) is 13.9 Å². The van der Waals surface area contributed by atoms with Gasteiger partial charge in [-0.05, 0) is 43.1 Å². The molecule has 4 aromatic rings. The molecular formula is C28H36N6O3. The monoisotopic (exact) mass is 504 g/mol. The fourth-order valence-corrected chi connectivity index (χ4v) is 4.65. The van der Waals surface area contributed by atoms with Crippen LogP contribution in [-0.4, -0.2) is 55.4 Å². The molecule has 0 fully saturated rings. The standard InChI is InChI=1S/C28H36N6O3/c1-3-13-34-27(36)25-26(33(28(34)37)14-12-22-10-7-11-23(29)19-22)30-24(20-21-8-5-4-6-9-21)32(25)16-15-31(2)17-18-35/h4-11,19,35H,3,12-18,20,29H2,1-2H3. The van der Waals surface area contributed by atoms with E-state index in [2.05, 4.69) is 0 Å². The van der Waals surface area contributed by atoms with Gasteiger partial charge in [0.1, 0.15) is 5.82 Å². The van der Waals surface area contributed by atoms with Crippen molar-refractivity contribution in [2.24, 2.45) is 0 Å². The molecule has 37 heavy (non-hydrogen) atoms. The smallest absolute Gasteiger partial charge is 0.332 e. The van der Waals surface area contributed by atoms with Gasteiger partial charge in [0.05, 0.1) is 6.61 Å². The van der Waals surface area contributed by atoms with Crippen LogP contribution >= 0.6 is 0 Å². The van der Waals surface area contributed by atoms with E-state index in [0.717, 1.165) is 17.0 Å². The maximum atomic E-state index is 13.7. The minimum atomic E-state index is -0.337. The van der Waals surface area contributed by atoms with Crippen molar-refractivity contribution < 1.29 is 5.11 Å². The molecule has 0 unspecified atom stereocenters. The number of fused-ring (bicyclic) bond motifs is 1. The molecule has 0 aliphatic carbocycles. The maximum absolute atomic E-state index is 13.7. The highest BCUT2D eigenvalue weighted by atomic mass is 16.3. The van der Waals surface area contributed by atoms with Gasteiger partial charge in [0.15, 0.2) is 11.2 Å². The van der Waals surface area contributed by atoms with Crippen LogP contribution in [0.5, 0.6) is 0 Å². The number of hydrogen-bond donors (Lipinski definition) is 2. The molecule has 0 saturated heterocycles. The van der Waals surface area contributed by atoms with Crippen LogP contribution in [0.15, 0.2) is 64.2 Å². The van der Waals surface area contributed by atoms with E-state index >= 15 is 0 Å². The van der Waals surface area contributed by atoms with E-state index < -0.39 is 0 Å². The van der Waals surface area contributed by atoms with Gasteiger partial charge in [0.2, 0.25) is 0 Å². The molecule has 9 heteroatoms. The molecule has 0 amide bonds. The summed E-state index contributed by atoms with van der Waals surface area (Å²) in [5, 5.41) is 9.33. The van der Waals surface area contributed by atoms with Gasteiger partial charge < -0.3 is 20.3 Å². The number of rotatable bonds is 12. The lowest BCUT2D eigenvalue weighted by Gasteiger charge is -2.17. The first-order chi connectivity index (χ1) is 17.9. The Kier molecular flexibility index (Phi) is 8.58. The number of aliphatic hydroxyl groups is 1. The second-order valence-corrected chi connectivity index (χ2v) is 9.43. The fourth-order valence-electron chi connectivity index (χ4n) is 4.65.